The summed E-state index contributed by atoms with van der Waals surface area (Å²) in [4.78, 5) is 26.7. The minimum Gasteiger partial charge on any atom is -0.355 e. The van der Waals surface area contributed by atoms with E-state index in [-0.39, 0.29) is 29.5 Å². The zero-order valence-corrected chi connectivity index (χ0v) is 17.7. The highest BCUT2D eigenvalue weighted by Crippen LogP contribution is 2.25. The van der Waals surface area contributed by atoms with Crippen molar-refractivity contribution in [1.29, 1.82) is 0 Å². The van der Waals surface area contributed by atoms with Crippen LogP contribution < -0.4 is 5.32 Å². The molecule has 0 fully saturated rings. The summed E-state index contributed by atoms with van der Waals surface area (Å²) in [6.45, 7) is 3.94. The zero-order valence-electron chi connectivity index (χ0n) is 15.4. The molecule has 0 spiro atoms. The molecule has 2 rings (SSSR count). The summed E-state index contributed by atoms with van der Waals surface area (Å²) in [7, 11) is 0. The predicted molar refractivity (Wildman–Crippen MR) is 110 cm³/mol. The molecule has 28 heavy (non-hydrogen) atoms. The first kappa shape index (κ1) is 22.5. The molecular weight excluding hydrogens is 426 g/mol. The van der Waals surface area contributed by atoms with Gasteiger partial charge >= 0.3 is 0 Å². The van der Waals surface area contributed by atoms with Crippen molar-refractivity contribution < 1.29 is 14.0 Å². The number of likely N-dealkylation sites (N-methyl/N-ethyl adjacent to an activating group) is 1. The van der Waals surface area contributed by atoms with Crippen LogP contribution in [0.3, 0.4) is 0 Å². The first-order valence-corrected chi connectivity index (χ1v) is 9.82. The van der Waals surface area contributed by atoms with E-state index in [2.05, 4.69) is 5.32 Å². The molecule has 1 N–H and O–H groups in total. The second-order valence-electron chi connectivity index (χ2n) is 6.22. The van der Waals surface area contributed by atoms with E-state index in [1.54, 1.807) is 32.0 Å². The van der Waals surface area contributed by atoms with Gasteiger partial charge in [0.05, 0.1) is 16.5 Å². The Morgan fingerprint density at radius 3 is 2.43 bits per heavy atom. The number of hydrogen-bond donors (Lipinski definition) is 1. The van der Waals surface area contributed by atoms with Gasteiger partial charge in [-0.3, -0.25) is 9.59 Å². The van der Waals surface area contributed by atoms with Crippen LogP contribution in [0.4, 0.5) is 4.39 Å². The summed E-state index contributed by atoms with van der Waals surface area (Å²) < 4.78 is 14.1. The average molecular weight is 446 g/mol. The first-order valence-electron chi connectivity index (χ1n) is 8.68. The van der Waals surface area contributed by atoms with Gasteiger partial charge in [0, 0.05) is 23.7 Å². The molecular formula is C20H20Cl3FN2O2. The summed E-state index contributed by atoms with van der Waals surface area (Å²) in [6, 6.07) is 8.42. The summed E-state index contributed by atoms with van der Waals surface area (Å²) in [5.74, 6) is -1.31. The Morgan fingerprint density at radius 1 is 1.11 bits per heavy atom. The van der Waals surface area contributed by atoms with E-state index in [0.717, 1.165) is 0 Å². The molecule has 150 valence electrons. The summed E-state index contributed by atoms with van der Waals surface area (Å²) in [6.07, 6.45) is -0.267. The molecule has 1 atom stereocenters. The third-order valence-electron chi connectivity index (χ3n) is 4.24. The molecule has 4 nitrogen and oxygen atoms in total. The number of rotatable bonds is 7. The highest BCUT2D eigenvalue weighted by molar-refractivity contribution is 6.42. The lowest BCUT2D eigenvalue weighted by Gasteiger charge is -2.29. The van der Waals surface area contributed by atoms with E-state index >= 15 is 0 Å². The van der Waals surface area contributed by atoms with Gasteiger partial charge in [-0.05, 0) is 43.7 Å². The Kier molecular flexibility index (Phi) is 8.10. The summed E-state index contributed by atoms with van der Waals surface area (Å²) >= 11 is 18.0. The van der Waals surface area contributed by atoms with Crippen molar-refractivity contribution >= 4 is 46.6 Å². The molecule has 0 aliphatic rings. The minimum atomic E-state index is -0.771. The maximum Gasteiger partial charge on any atom is 0.242 e. The SMILES string of the molecule is CCNC(=O)[C@@H](C)N(Cc1ccc(Cl)c(Cl)c1)C(=O)Cc1c(F)cccc1Cl. The van der Waals surface area contributed by atoms with Crippen LogP contribution in [0.1, 0.15) is 25.0 Å². The molecule has 0 bridgehead atoms. The van der Waals surface area contributed by atoms with Crippen molar-refractivity contribution in [2.45, 2.75) is 32.9 Å². The van der Waals surface area contributed by atoms with Gasteiger partial charge in [0.25, 0.3) is 0 Å². The number of benzene rings is 2. The van der Waals surface area contributed by atoms with Crippen LogP contribution >= 0.6 is 34.8 Å². The van der Waals surface area contributed by atoms with Gasteiger partial charge < -0.3 is 10.2 Å². The lowest BCUT2D eigenvalue weighted by atomic mass is 10.1. The number of carbonyl (C=O) groups excluding carboxylic acids is 2. The second-order valence-corrected chi connectivity index (χ2v) is 7.44. The third-order valence-corrected chi connectivity index (χ3v) is 5.34. The molecule has 2 aromatic rings. The lowest BCUT2D eigenvalue weighted by molar-refractivity contribution is -0.140. The Hall–Kier alpha value is -1.82. The molecule has 0 heterocycles. The van der Waals surface area contributed by atoms with Crippen LogP contribution in [0.5, 0.6) is 0 Å². The Bertz CT molecular complexity index is 856. The van der Waals surface area contributed by atoms with E-state index in [1.165, 1.54) is 23.1 Å². The van der Waals surface area contributed by atoms with Crippen molar-refractivity contribution in [2.24, 2.45) is 0 Å². The number of amides is 2. The van der Waals surface area contributed by atoms with Gasteiger partial charge in [-0.1, -0.05) is 46.9 Å². The van der Waals surface area contributed by atoms with Gasteiger partial charge in [0.15, 0.2) is 0 Å². The minimum absolute atomic E-state index is 0.0939. The fourth-order valence-corrected chi connectivity index (χ4v) is 3.24. The summed E-state index contributed by atoms with van der Waals surface area (Å²) in [5.41, 5.74) is 0.787. The Balaban J connectivity index is 2.32. The maximum atomic E-state index is 14.1. The largest absolute Gasteiger partial charge is 0.355 e. The fourth-order valence-electron chi connectivity index (χ4n) is 2.69. The van der Waals surface area contributed by atoms with Gasteiger partial charge in [-0.15, -0.1) is 0 Å². The van der Waals surface area contributed by atoms with Crippen molar-refractivity contribution in [3.05, 3.63) is 68.4 Å². The first-order chi connectivity index (χ1) is 13.2. The van der Waals surface area contributed by atoms with Gasteiger partial charge in [0.2, 0.25) is 11.8 Å². The monoisotopic (exact) mass is 444 g/mol. The quantitative estimate of drug-likeness (QED) is 0.660. The highest BCUT2D eigenvalue weighted by Gasteiger charge is 2.27. The van der Waals surface area contributed by atoms with Crippen molar-refractivity contribution in [2.75, 3.05) is 6.54 Å². The molecule has 0 saturated carbocycles. The molecule has 0 radical (unpaired) electrons. The van der Waals surface area contributed by atoms with E-state index in [0.29, 0.717) is 22.2 Å². The normalized spacial score (nSPS) is 11.8. The van der Waals surface area contributed by atoms with Crippen LogP contribution in [0.15, 0.2) is 36.4 Å². The molecule has 0 saturated heterocycles. The van der Waals surface area contributed by atoms with Crippen molar-refractivity contribution in [1.82, 2.24) is 10.2 Å². The molecule has 0 aliphatic carbocycles. The molecule has 2 amide bonds. The van der Waals surface area contributed by atoms with Crippen molar-refractivity contribution in [3.8, 4) is 0 Å². The van der Waals surface area contributed by atoms with Crippen LogP contribution in [0, 0.1) is 5.82 Å². The Labute approximate surface area is 178 Å². The van der Waals surface area contributed by atoms with E-state index < -0.39 is 17.8 Å². The smallest absolute Gasteiger partial charge is 0.242 e. The fraction of sp³-hybridized carbons (Fsp3) is 0.300. The van der Waals surface area contributed by atoms with Crippen LogP contribution in [0.2, 0.25) is 15.1 Å². The lowest BCUT2D eigenvalue weighted by Crippen LogP contribution is -2.48. The van der Waals surface area contributed by atoms with Gasteiger partial charge in [0.1, 0.15) is 11.9 Å². The molecule has 0 aliphatic heterocycles. The molecule has 8 heteroatoms. The standard InChI is InChI=1S/C20H20Cl3FN2O2/c1-3-25-20(28)12(2)26(11-13-7-8-16(22)17(23)9-13)19(27)10-14-15(21)5-4-6-18(14)24/h4-9,12H,3,10-11H2,1-2H3,(H,25,28)/t12-/m1/s1. The van der Waals surface area contributed by atoms with Gasteiger partial charge in [-0.2, -0.15) is 0 Å². The predicted octanol–water partition coefficient (Wildman–Crippen LogP) is 4.88. The molecule has 0 aromatic heterocycles. The van der Waals surface area contributed by atoms with E-state index in [4.69, 9.17) is 34.8 Å². The Morgan fingerprint density at radius 2 is 1.82 bits per heavy atom. The van der Waals surface area contributed by atoms with Crippen LogP contribution in [-0.2, 0) is 22.6 Å². The summed E-state index contributed by atoms with van der Waals surface area (Å²) in [5, 5.41) is 3.58. The second kappa shape index (κ2) is 10.1. The van der Waals surface area contributed by atoms with E-state index in [9.17, 15) is 14.0 Å². The third kappa shape index (κ3) is 5.60. The number of halogens is 4. The van der Waals surface area contributed by atoms with Crippen molar-refractivity contribution in [3.63, 3.8) is 0 Å². The number of carbonyl (C=O) groups is 2. The van der Waals surface area contributed by atoms with Crippen LogP contribution in [0.25, 0.3) is 0 Å². The van der Waals surface area contributed by atoms with E-state index in [1.807, 2.05) is 0 Å². The topological polar surface area (TPSA) is 49.4 Å². The molecule has 0 unspecified atom stereocenters. The zero-order chi connectivity index (χ0) is 20.8. The molecule has 2 aromatic carbocycles. The average Bonchev–Trinajstić information content (AvgIpc) is 2.65. The van der Waals surface area contributed by atoms with Gasteiger partial charge in [-0.25, -0.2) is 4.39 Å². The highest BCUT2D eigenvalue weighted by atomic mass is 35.5. The number of nitrogens with zero attached hydrogens (tertiary/aromatic N) is 1. The van der Waals surface area contributed by atoms with Crippen LogP contribution in [-0.4, -0.2) is 29.3 Å². The number of hydrogen-bond acceptors (Lipinski definition) is 2. The number of nitrogens with one attached hydrogen (secondary N) is 1. The maximum absolute atomic E-state index is 14.1.